The van der Waals surface area contributed by atoms with Crippen molar-refractivity contribution in [1.29, 1.82) is 0 Å². The molecule has 2 amide bonds. The Hall–Kier alpha value is -1.96. The molecule has 24 heavy (non-hydrogen) atoms. The highest BCUT2D eigenvalue weighted by Crippen LogP contribution is 2.25. The van der Waals surface area contributed by atoms with Gasteiger partial charge in [0.15, 0.2) is 0 Å². The summed E-state index contributed by atoms with van der Waals surface area (Å²) in [5.74, 6) is -0.643. The smallest absolute Gasteiger partial charge is 0.407 e. The summed E-state index contributed by atoms with van der Waals surface area (Å²) in [6, 6.07) is 2.00. The SMILES string of the molecule is CC(C)(C)OC(=O)NC1CN(C(=O)c2nc(Cl)ccc2C(F)F)C1. The van der Waals surface area contributed by atoms with Crippen molar-refractivity contribution in [3.05, 3.63) is 28.5 Å². The Morgan fingerprint density at radius 2 is 2.00 bits per heavy atom. The van der Waals surface area contributed by atoms with Crippen LogP contribution in [0.1, 0.15) is 43.2 Å². The van der Waals surface area contributed by atoms with Crippen molar-refractivity contribution in [3.63, 3.8) is 0 Å². The van der Waals surface area contributed by atoms with Crippen molar-refractivity contribution in [2.24, 2.45) is 0 Å². The number of nitrogens with zero attached hydrogens (tertiary/aromatic N) is 2. The Kier molecular flexibility index (Phi) is 5.27. The predicted octanol–water partition coefficient (Wildman–Crippen LogP) is 3.02. The van der Waals surface area contributed by atoms with Gasteiger partial charge in [-0.2, -0.15) is 0 Å². The third-order valence-corrected chi connectivity index (χ3v) is 3.43. The van der Waals surface area contributed by atoms with Gasteiger partial charge in [0.2, 0.25) is 0 Å². The average Bonchev–Trinajstić information content (AvgIpc) is 2.39. The average molecular weight is 362 g/mol. The van der Waals surface area contributed by atoms with Crippen LogP contribution in [0.5, 0.6) is 0 Å². The van der Waals surface area contributed by atoms with Gasteiger partial charge in [0.25, 0.3) is 12.3 Å². The van der Waals surface area contributed by atoms with Crippen LogP contribution in [0.3, 0.4) is 0 Å². The van der Waals surface area contributed by atoms with Crippen LogP contribution in [0, 0.1) is 0 Å². The lowest BCUT2D eigenvalue weighted by Crippen LogP contribution is -2.61. The normalized spacial score (nSPS) is 15.2. The zero-order valence-corrected chi connectivity index (χ0v) is 14.2. The number of aromatic nitrogens is 1. The maximum Gasteiger partial charge on any atom is 0.407 e. The number of nitrogens with one attached hydrogen (secondary N) is 1. The second-order valence-electron chi connectivity index (χ2n) is 6.43. The summed E-state index contributed by atoms with van der Waals surface area (Å²) in [4.78, 5) is 28.9. The van der Waals surface area contributed by atoms with E-state index in [0.717, 1.165) is 6.07 Å². The summed E-state index contributed by atoms with van der Waals surface area (Å²) in [7, 11) is 0. The first-order chi connectivity index (χ1) is 11.1. The van der Waals surface area contributed by atoms with E-state index in [9.17, 15) is 18.4 Å². The molecule has 0 spiro atoms. The number of amides is 2. The molecule has 0 unspecified atom stereocenters. The van der Waals surface area contributed by atoms with Gasteiger partial charge in [-0.15, -0.1) is 0 Å². The molecular weight excluding hydrogens is 344 g/mol. The van der Waals surface area contributed by atoms with Gasteiger partial charge in [-0.25, -0.2) is 18.6 Å². The molecule has 0 aromatic carbocycles. The van der Waals surface area contributed by atoms with Crippen molar-refractivity contribution in [2.45, 2.75) is 38.8 Å². The molecule has 2 heterocycles. The summed E-state index contributed by atoms with van der Waals surface area (Å²) < 4.78 is 31.1. The molecule has 132 valence electrons. The van der Waals surface area contributed by atoms with Crippen LogP contribution < -0.4 is 5.32 Å². The van der Waals surface area contributed by atoms with E-state index in [1.54, 1.807) is 20.8 Å². The maximum absolute atomic E-state index is 13.0. The van der Waals surface area contributed by atoms with Gasteiger partial charge < -0.3 is 15.0 Å². The topological polar surface area (TPSA) is 71.5 Å². The largest absolute Gasteiger partial charge is 0.444 e. The quantitative estimate of drug-likeness (QED) is 0.840. The van der Waals surface area contributed by atoms with Crippen LogP contribution in [0.15, 0.2) is 12.1 Å². The Bertz CT molecular complexity index is 643. The van der Waals surface area contributed by atoms with E-state index in [2.05, 4.69) is 10.3 Å². The molecule has 2 rings (SSSR count). The van der Waals surface area contributed by atoms with E-state index >= 15 is 0 Å². The van der Waals surface area contributed by atoms with E-state index in [0.29, 0.717) is 0 Å². The minimum atomic E-state index is -2.83. The Balaban J connectivity index is 1.96. The second kappa shape index (κ2) is 6.88. The van der Waals surface area contributed by atoms with Crippen molar-refractivity contribution < 1.29 is 23.1 Å². The van der Waals surface area contributed by atoms with Crippen LogP contribution in [0.25, 0.3) is 0 Å². The third kappa shape index (κ3) is 4.53. The number of alkyl halides is 2. The lowest BCUT2D eigenvalue weighted by molar-refractivity contribution is 0.0354. The monoisotopic (exact) mass is 361 g/mol. The molecule has 1 fully saturated rings. The number of rotatable bonds is 3. The summed E-state index contributed by atoms with van der Waals surface area (Å²) >= 11 is 5.69. The Morgan fingerprint density at radius 3 is 2.54 bits per heavy atom. The van der Waals surface area contributed by atoms with Gasteiger partial charge in [0.05, 0.1) is 6.04 Å². The van der Waals surface area contributed by atoms with Gasteiger partial charge in [-0.3, -0.25) is 4.79 Å². The van der Waals surface area contributed by atoms with E-state index in [-0.39, 0.29) is 30.0 Å². The summed E-state index contributed by atoms with van der Waals surface area (Å²) in [5.41, 5.74) is -1.46. The molecule has 1 aromatic heterocycles. The molecule has 1 aliphatic rings. The van der Waals surface area contributed by atoms with Crippen LogP contribution in [-0.2, 0) is 4.74 Å². The summed E-state index contributed by atoms with van der Waals surface area (Å²) in [6.07, 6.45) is -3.42. The van der Waals surface area contributed by atoms with Gasteiger partial charge in [-0.1, -0.05) is 11.6 Å². The van der Waals surface area contributed by atoms with Crippen molar-refractivity contribution in [3.8, 4) is 0 Å². The first kappa shape index (κ1) is 18.4. The Labute approximate surface area is 143 Å². The summed E-state index contributed by atoms with van der Waals surface area (Å²) in [5, 5.41) is 2.57. The first-order valence-electron chi connectivity index (χ1n) is 7.30. The highest BCUT2D eigenvalue weighted by Gasteiger charge is 2.35. The number of halogens is 3. The highest BCUT2D eigenvalue weighted by molar-refractivity contribution is 6.29. The zero-order valence-electron chi connectivity index (χ0n) is 13.5. The number of ether oxygens (including phenoxy) is 1. The van der Waals surface area contributed by atoms with Crippen LogP contribution in [0.2, 0.25) is 5.15 Å². The molecule has 0 atom stereocenters. The Morgan fingerprint density at radius 1 is 1.38 bits per heavy atom. The molecule has 9 heteroatoms. The first-order valence-corrected chi connectivity index (χ1v) is 7.68. The third-order valence-electron chi connectivity index (χ3n) is 3.22. The van der Waals surface area contributed by atoms with Crippen LogP contribution >= 0.6 is 11.6 Å². The lowest BCUT2D eigenvalue weighted by Gasteiger charge is -2.39. The van der Waals surface area contributed by atoms with E-state index < -0.39 is 29.6 Å². The number of hydrogen-bond donors (Lipinski definition) is 1. The molecule has 1 aromatic rings. The number of hydrogen-bond acceptors (Lipinski definition) is 4. The number of alkyl carbamates (subject to hydrolysis) is 1. The number of likely N-dealkylation sites (tertiary alicyclic amines) is 1. The molecular formula is C15H18ClF2N3O3. The van der Waals surface area contributed by atoms with Gasteiger partial charge in [0, 0.05) is 18.7 Å². The molecule has 0 saturated carbocycles. The fraction of sp³-hybridized carbons (Fsp3) is 0.533. The molecule has 6 nitrogen and oxygen atoms in total. The molecule has 0 radical (unpaired) electrons. The molecule has 1 aliphatic heterocycles. The van der Waals surface area contributed by atoms with E-state index in [4.69, 9.17) is 16.3 Å². The lowest BCUT2D eigenvalue weighted by atomic mass is 10.1. The fourth-order valence-electron chi connectivity index (χ4n) is 2.15. The van der Waals surface area contributed by atoms with Crippen molar-refractivity contribution >= 4 is 23.6 Å². The van der Waals surface area contributed by atoms with Crippen LogP contribution in [0.4, 0.5) is 13.6 Å². The molecule has 0 bridgehead atoms. The summed E-state index contributed by atoms with van der Waals surface area (Å²) in [6.45, 7) is 5.59. The molecule has 1 N–H and O–H groups in total. The maximum atomic E-state index is 13.0. The van der Waals surface area contributed by atoms with Gasteiger partial charge in [-0.05, 0) is 32.9 Å². The standard InChI is InChI=1S/C15H18ClF2N3O3/c1-15(2,3)24-14(23)19-8-6-21(7-8)13(22)11-9(12(17)18)4-5-10(16)20-11/h4-5,8,12H,6-7H2,1-3H3,(H,19,23). The number of carbonyl (C=O) groups excluding carboxylic acids is 2. The minimum Gasteiger partial charge on any atom is -0.444 e. The predicted molar refractivity (Wildman–Crippen MR) is 83.3 cm³/mol. The molecule has 1 saturated heterocycles. The minimum absolute atomic E-state index is 0.0355. The number of carbonyl (C=O) groups is 2. The fourth-order valence-corrected chi connectivity index (χ4v) is 2.30. The zero-order chi connectivity index (χ0) is 18.1. The highest BCUT2D eigenvalue weighted by atomic mass is 35.5. The van der Waals surface area contributed by atoms with E-state index in [1.807, 2.05) is 0 Å². The molecule has 0 aliphatic carbocycles. The second-order valence-corrected chi connectivity index (χ2v) is 6.81. The van der Waals surface area contributed by atoms with Gasteiger partial charge in [0.1, 0.15) is 16.4 Å². The van der Waals surface area contributed by atoms with Crippen LogP contribution in [-0.4, -0.2) is 46.6 Å². The van der Waals surface area contributed by atoms with E-state index in [1.165, 1.54) is 11.0 Å². The van der Waals surface area contributed by atoms with Crippen molar-refractivity contribution in [2.75, 3.05) is 13.1 Å². The number of pyridine rings is 1. The van der Waals surface area contributed by atoms with Gasteiger partial charge >= 0.3 is 6.09 Å². The van der Waals surface area contributed by atoms with Crippen molar-refractivity contribution in [1.82, 2.24) is 15.2 Å².